The quantitative estimate of drug-likeness (QED) is 0.145. The lowest BCUT2D eigenvalue weighted by atomic mass is 10.1. The number of allylic oxidation sites excluding steroid dienone is 1. The van der Waals surface area contributed by atoms with Gasteiger partial charge in [-0.1, -0.05) is 39.3 Å². The number of carbonyl (C=O) groups is 1. The third-order valence-corrected chi connectivity index (χ3v) is 4.74. The standard InChI is InChI=1S/C27H34O4/c1-5-8-17-30-26-20-27(31-18-9-6-2)23(19-21(26)4)12-15-25(28)22-10-13-24(14-11-22)29-16-7-3/h7,10-15,19-20H,3,5-6,8-9,16-18H2,1-2,4H3. The maximum atomic E-state index is 12.6. The van der Waals surface area contributed by atoms with Crippen molar-refractivity contribution in [1.29, 1.82) is 0 Å². The summed E-state index contributed by atoms with van der Waals surface area (Å²) in [6, 6.07) is 11.1. The molecule has 0 atom stereocenters. The van der Waals surface area contributed by atoms with Crippen molar-refractivity contribution < 1.29 is 19.0 Å². The molecular weight excluding hydrogens is 388 g/mol. The molecule has 4 heteroatoms. The molecule has 2 rings (SSSR count). The van der Waals surface area contributed by atoms with Crippen molar-refractivity contribution in [1.82, 2.24) is 0 Å². The van der Waals surface area contributed by atoms with Crippen molar-refractivity contribution in [2.24, 2.45) is 0 Å². The van der Waals surface area contributed by atoms with E-state index >= 15 is 0 Å². The van der Waals surface area contributed by atoms with E-state index in [2.05, 4.69) is 20.4 Å². The van der Waals surface area contributed by atoms with Crippen LogP contribution in [0, 0.1) is 6.92 Å². The molecule has 2 aromatic rings. The maximum Gasteiger partial charge on any atom is 0.185 e. The van der Waals surface area contributed by atoms with Gasteiger partial charge in [0, 0.05) is 17.2 Å². The second-order valence-corrected chi connectivity index (χ2v) is 7.38. The Hall–Kier alpha value is -3.01. The normalized spacial score (nSPS) is 10.8. The Balaban J connectivity index is 2.17. The summed E-state index contributed by atoms with van der Waals surface area (Å²) in [4.78, 5) is 12.6. The molecular formula is C27H34O4. The molecule has 0 unspecified atom stereocenters. The molecule has 0 radical (unpaired) electrons. The molecule has 2 aromatic carbocycles. The van der Waals surface area contributed by atoms with E-state index in [1.165, 1.54) is 0 Å². The van der Waals surface area contributed by atoms with Crippen LogP contribution in [0.2, 0.25) is 0 Å². The van der Waals surface area contributed by atoms with Crippen LogP contribution in [0.15, 0.2) is 55.1 Å². The Kier molecular flexibility index (Phi) is 10.4. The van der Waals surface area contributed by atoms with Crippen molar-refractivity contribution in [2.75, 3.05) is 19.8 Å². The van der Waals surface area contributed by atoms with Crippen molar-refractivity contribution in [2.45, 2.75) is 46.5 Å². The van der Waals surface area contributed by atoms with Gasteiger partial charge < -0.3 is 14.2 Å². The van der Waals surface area contributed by atoms with E-state index in [1.807, 2.05) is 25.1 Å². The second-order valence-electron chi connectivity index (χ2n) is 7.38. The van der Waals surface area contributed by atoms with Gasteiger partial charge in [0.25, 0.3) is 0 Å². The van der Waals surface area contributed by atoms with Gasteiger partial charge in [-0.3, -0.25) is 4.79 Å². The van der Waals surface area contributed by atoms with Crippen LogP contribution in [-0.2, 0) is 0 Å². The molecule has 0 N–H and O–H groups in total. The summed E-state index contributed by atoms with van der Waals surface area (Å²) < 4.78 is 17.4. The van der Waals surface area contributed by atoms with Gasteiger partial charge in [-0.2, -0.15) is 0 Å². The maximum absolute atomic E-state index is 12.6. The number of unbranched alkanes of at least 4 members (excludes halogenated alkanes) is 2. The number of carbonyl (C=O) groups excluding carboxylic acids is 1. The van der Waals surface area contributed by atoms with E-state index in [-0.39, 0.29) is 5.78 Å². The van der Waals surface area contributed by atoms with E-state index in [4.69, 9.17) is 14.2 Å². The number of ether oxygens (including phenoxy) is 3. The number of hydrogen-bond donors (Lipinski definition) is 0. The highest BCUT2D eigenvalue weighted by Crippen LogP contribution is 2.30. The minimum Gasteiger partial charge on any atom is -0.493 e. The smallest absolute Gasteiger partial charge is 0.185 e. The van der Waals surface area contributed by atoms with Crippen LogP contribution in [0.1, 0.15) is 61.0 Å². The van der Waals surface area contributed by atoms with E-state index in [0.29, 0.717) is 31.1 Å². The summed E-state index contributed by atoms with van der Waals surface area (Å²) in [5, 5.41) is 0. The third kappa shape index (κ3) is 7.97. The minimum absolute atomic E-state index is 0.0734. The SMILES string of the molecule is C=CCOc1ccc(C(=O)C=Cc2cc(C)c(OCCCC)cc2OCCCC)cc1. The van der Waals surface area contributed by atoms with Crippen LogP contribution in [0.5, 0.6) is 17.2 Å². The van der Waals surface area contributed by atoms with Crippen molar-refractivity contribution in [3.63, 3.8) is 0 Å². The first kappa shape index (κ1) is 24.3. The summed E-state index contributed by atoms with van der Waals surface area (Å²) in [6.45, 7) is 11.7. The molecule has 0 aromatic heterocycles. The zero-order valence-electron chi connectivity index (χ0n) is 19.0. The van der Waals surface area contributed by atoms with E-state index in [0.717, 1.165) is 48.3 Å². The van der Waals surface area contributed by atoms with E-state index in [9.17, 15) is 4.79 Å². The molecule has 0 spiro atoms. The number of hydrogen-bond acceptors (Lipinski definition) is 4. The molecule has 166 valence electrons. The van der Waals surface area contributed by atoms with E-state index in [1.54, 1.807) is 36.4 Å². The van der Waals surface area contributed by atoms with Gasteiger partial charge in [0.1, 0.15) is 23.9 Å². The van der Waals surface area contributed by atoms with Crippen molar-refractivity contribution in [3.8, 4) is 17.2 Å². The Morgan fingerprint density at radius 2 is 1.58 bits per heavy atom. The minimum atomic E-state index is -0.0734. The summed E-state index contributed by atoms with van der Waals surface area (Å²) in [5.41, 5.74) is 2.50. The summed E-state index contributed by atoms with van der Waals surface area (Å²) >= 11 is 0. The summed E-state index contributed by atoms with van der Waals surface area (Å²) in [5.74, 6) is 2.21. The Morgan fingerprint density at radius 3 is 2.19 bits per heavy atom. The van der Waals surface area contributed by atoms with Gasteiger partial charge in [-0.15, -0.1) is 0 Å². The monoisotopic (exact) mass is 422 g/mol. The van der Waals surface area contributed by atoms with Crippen LogP contribution in [0.4, 0.5) is 0 Å². The van der Waals surface area contributed by atoms with Gasteiger partial charge in [-0.25, -0.2) is 0 Å². The van der Waals surface area contributed by atoms with Gasteiger partial charge in [0.2, 0.25) is 0 Å². The Morgan fingerprint density at radius 1 is 0.935 bits per heavy atom. The fraction of sp³-hybridized carbons (Fsp3) is 0.370. The predicted octanol–water partition coefficient (Wildman–Crippen LogP) is 6.81. The zero-order chi connectivity index (χ0) is 22.5. The van der Waals surface area contributed by atoms with Gasteiger partial charge in [0.15, 0.2) is 5.78 Å². The van der Waals surface area contributed by atoms with Crippen LogP contribution in [0.3, 0.4) is 0 Å². The zero-order valence-corrected chi connectivity index (χ0v) is 19.0. The first-order chi connectivity index (χ1) is 15.1. The van der Waals surface area contributed by atoms with Crippen LogP contribution in [0.25, 0.3) is 6.08 Å². The molecule has 0 saturated heterocycles. The third-order valence-electron chi connectivity index (χ3n) is 4.74. The lowest BCUT2D eigenvalue weighted by Crippen LogP contribution is -2.02. The highest BCUT2D eigenvalue weighted by atomic mass is 16.5. The highest BCUT2D eigenvalue weighted by Gasteiger charge is 2.10. The average Bonchev–Trinajstić information content (AvgIpc) is 2.78. The molecule has 4 nitrogen and oxygen atoms in total. The first-order valence-corrected chi connectivity index (χ1v) is 11.0. The molecule has 0 amide bonds. The predicted molar refractivity (Wildman–Crippen MR) is 127 cm³/mol. The van der Waals surface area contributed by atoms with Crippen molar-refractivity contribution in [3.05, 3.63) is 71.8 Å². The molecule has 31 heavy (non-hydrogen) atoms. The van der Waals surface area contributed by atoms with Crippen LogP contribution < -0.4 is 14.2 Å². The topological polar surface area (TPSA) is 44.8 Å². The number of ketones is 1. The molecule has 0 aliphatic heterocycles. The molecule has 0 aliphatic rings. The number of rotatable bonds is 14. The second kappa shape index (κ2) is 13.3. The molecule has 0 bridgehead atoms. The van der Waals surface area contributed by atoms with Gasteiger partial charge in [0.05, 0.1) is 13.2 Å². The largest absolute Gasteiger partial charge is 0.493 e. The van der Waals surface area contributed by atoms with Crippen LogP contribution in [-0.4, -0.2) is 25.6 Å². The summed E-state index contributed by atoms with van der Waals surface area (Å²) in [7, 11) is 0. The molecule has 0 heterocycles. The fourth-order valence-corrected chi connectivity index (χ4v) is 2.89. The average molecular weight is 423 g/mol. The summed E-state index contributed by atoms with van der Waals surface area (Å²) in [6.07, 6.45) is 9.21. The van der Waals surface area contributed by atoms with Crippen LogP contribution >= 0.6 is 0 Å². The number of benzene rings is 2. The molecule has 0 fully saturated rings. The highest BCUT2D eigenvalue weighted by molar-refractivity contribution is 6.07. The Bertz CT molecular complexity index is 866. The lowest BCUT2D eigenvalue weighted by molar-refractivity contribution is 0.104. The fourth-order valence-electron chi connectivity index (χ4n) is 2.89. The molecule has 0 aliphatic carbocycles. The molecule has 0 saturated carbocycles. The first-order valence-electron chi connectivity index (χ1n) is 11.0. The van der Waals surface area contributed by atoms with Gasteiger partial charge >= 0.3 is 0 Å². The van der Waals surface area contributed by atoms with Crippen molar-refractivity contribution >= 4 is 11.9 Å². The number of aryl methyl sites for hydroxylation is 1. The van der Waals surface area contributed by atoms with Gasteiger partial charge in [-0.05, 0) is 67.8 Å². The Labute approximate surface area is 186 Å². The lowest BCUT2D eigenvalue weighted by Gasteiger charge is -2.14. The van der Waals surface area contributed by atoms with E-state index < -0.39 is 0 Å².